The molecule has 7 aromatic carbocycles. The van der Waals surface area contributed by atoms with Crippen molar-refractivity contribution in [3.63, 3.8) is 0 Å². The summed E-state index contributed by atoms with van der Waals surface area (Å²) in [6, 6.07) is 59.4. The second-order valence-electron chi connectivity index (χ2n) is 15.1. The van der Waals surface area contributed by atoms with Crippen LogP contribution in [0.1, 0.15) is 56.2 Å². The Balaban J connectivity index is 1.25. The molecule has 0 spiro atoms. The van der Waals surface area contributed by atoms with Crippen LogP contribution < -0.4 is 26.2 Å². The molecule has 2 heterocycles. The molecule has 2 aliphatic rings. The van der Waals surface area contributed by atoms with E-state index in [9.17, 15) is 0 Å². The Kier molecular flexibility index (Phi) is 9.17. The van der Waals surface area contributed by atoms with Crippen LogP contribution in [0.5, 0.6) is 0 Å². The topological polar surface area (TPSA) is 6.48 Å². The normalized spacial score (nSPS) is 12.7. The van der Waals surface area contributed by atoms with Crippen molar-refractivity contribution in [1.29, 1.82) is 0 Å². The summed E-state index contributed by atoms with van der Waals surface area (Å²) in [7, 11) is 0. The number of anilines is 6. The van der Waals surface area contributed by atoms with E-state index in [1.165, 1.54) is 115 Å². The van der Waals surface area contributed by atoms with Gasteiger partial charge in [-0.1, -0.05) is 148 Å². The maximum Gasteiger partial charge on any atom is 0.252 e. The van der Waals surface area contributed by atoms with E-state index in [2.05, 4.69) is 188 Å². The predicted octanol–water partition coefficient (Wildman–Crippen LogP) is 12.1. The molecule has 0 fully saturated rings. The smallest absolute Gasteiger partial charge is 0.252 e. The van der Waals surface area contributed by atoms with Crippen molar-refractivity contribution in [2.24, 2.45) is 0 Å². The zero-order valence-electron chi connectivity index (χ0n) is 31.7. The summed E-state index contributed by atoms with van der Waals surface area (Å²) in [6.45, 7) is 6.92. The summed E-state index contributed by atoms with van der Waals surface area (Å²) in [4.78, 5) is 5.08. The zero-order chi connectivity index (χ0) is 36.6. The largest absolute Gasteiger partial charge is 0.311 e. The van der Waals surface area contributed by atoms with Gasteiger partial charge in [-0.3, -0.25) is 0 Å². The molecule has 0 saturated carbocycles. The molecule has 0 bridgehead atoms. The lowest BCUT2D eigenvalue weighted by atomic mass is 9.33. The average molecular weight is 699 g/mol. The van der Waals surface area contributed by atoms with Crippen molar-refractivity contribution < 1.29 is 0 Å². The molecule has 7 aromatic rings. The van der Waals surface area contributed by atoms with Gasteiger partial charge in [-0.15, -0.1) is 0 Å². The molecular formula is C51H47BN2. The minimum Gasteiger partial charge on any atom is -0.311 e. The zero-order valence-corrected chi connectivity index (χ0v) is 31.7. The first-order valence-electron chi connectivity index (χ1n) is 19.9. The molecule has 0 aromatic heterocycles. The lowest BCUT2D eigenvalue weighted by Gasteiger charge is -2.44. The Morgan fingerprint density at radius 3 is 1.78 bits per heavy atom. The van der Waals surface area contributed by atoms with Crippen LogP contribution in [0.3, 0.4) is 0 Å². The summed E-state index contributed by atoms with van der Waals surface area (Å²) in [5.41, 5.74) is 20.6. The molecule has 0 saturated heterocycles. The van der Waals surface area contributed by atoms with Crippen LogP contribution in [-0.4, -0.2) is 6.71 Å². The van der Waals surface area contributed by atoms with Crippen LogP contribution in [-0.2, 0) is 12.8 Å². The Bertz CT molecular complexity index is 2430. The highest BCUT2D eigenvalue weighted by Crippen LogP contribution is 2.46. The molecule has 0 amide bonds. The molecule has 264 valence electrons. The molecule has 2 aliphatic heterocycles. The summed E-state index contributed by atoms with van der Waals surface area (Å²) < 4.78 is 0. The lowest BCUT2D eigenvalue weighted by molar-refractivity contribution is 0.795. The van der Waals surface area contributed by atoms with Gasteiger partial charge in [-0.25, -0.2) is 0 Å². The monoisotopic (exact) mass is 698 g/mol. The number of hydrogen-bond donors (Lipinski definition) is 0. The van der Waals surface area contributed by atoms with E-state index in [0.29, 0.717) is 0 Å². The molecule has 0 unspecified atom stereocenters. The first-order valence-corrected chi connectivity index (χ1v) is 19.9. The summed E-state index contributed by atoms with van der Waals surface area (Å²) in [5.74, 6) is 0. The minimum absolute atomic E-state index is 0.122. The van der Waals surface area contributed by atoms with Crippen molar-refractivity contribution >= 4 is 57.2 Å². The molecular weight excluding hydrogens is 651 g/mol. The molecule has 9 rings (SSSR count). The molecule has 54 heavy (non-hydrogen) atoms. The highest BCUT2D eigenvalue weighted by molar-refractivity contribution is 7.00. The molecule has 3 heteroatoms. The van der Waals surface area contributed by atoms with Gasteiger partial charge in [-0.05, 0) is 119 Å². The molecule has 0 aliphatic carbocycles. The highest BCUT2D eigenvalue weighted by atomic mass is 15.2. The Morgan fingerprint density at radius 2 is 1.02 bits per heavy atom. The molecule has 0 atom stereocenters. The number of nitrogens with zero attached hydrogens (tertiary/aromatic N) is 2. The van der Waals surface area contributed by atoms with Crippen molar-refractivity contribution in [1.82, 2.24) is 0 Å². The SMILES string of the molecule is CCCCc1ccc(N2c3ccc(C)cc3B3c4cc(CCCC)ccc4N(c4ccccc4-c4ccc(-c5ccccc5)cc4)c4cccc2c43)cc1. The number of hydrogen-bond acceptors (Lipinski definition) is 2. The van der Waals surface area contributed by atoms with Crippen LogP contribution in [0.2, 0.25) is 0 Å². The van der Waals surface area contributed by atoms with E-state index in [1.54, 1.807) is 0 Å². The van der Waals surface area contributed by atoms with Crippen LogP contribution in [0.15, 0.2) is 158 Å². The number of aryl methyl sites for hydroxylation is 3. The fraction of sp³-hybridized carbons (Fsp3) is 0.176. The third-order valence-electron chi connectivity index (χ3n) is 11.5. The van der Waals surface area contributed by atoms with Crippen molar-refractivity contribution in [2.45, 2.75) is 59.3 Å². The van der Waals surface area contributed by atoms with Crippen molar-refractivity contribution in [3.05, 3.63) is 174 Å². The van der Waals surface area contributed by atoms with Gasteiger partial charge < -0.3 is 9.80 Å². The number of para-hydroxylation sites is 1. The van der Waals surface area contributed by atoms with Gasteiger partial charge in [0, 0.05) is 34.0 Å². The van der Waals surface area contributed by atoms with Gasteiger partial charge in [-0.2, -0.15) is 0 Å². The van der Waals surface area contributed by atoms with E-state index in [1.807, 2.05) is 0 Å². The van der Waals surface area contributed by atoms with Gasteiger partial charge >= 0.3 is 0 Å². The number of rotatable bonds is 10. The van der Waals surface area contributed by atoms with Crippen molar-refractivity contribution in [2.75, 3.05) is 9.80 Å². The molecule has 0 radical (unpaired) electrons. The van der Waals surface area contributed by atoms with Gasteiger partial charge in [0.2, 0.25) is 0 Å². The van der Waals surface area contributed by atoms with E-state index < -0.39 is 0 Å². The molecule has 0 N–H and O–H groups in total. The van der Waals surface area contributed by atoms with Crippen LogP contribution in [0.4, 0.5) is 34.1 Å². The maximum atomic E-state index is 2.56. The fourth-order valence-corrected chi connectivity index (χ4v) is 8.76. The first-order chi connectivity index (χ1) is 26.6. The summed E-state index contributed by atoms with van der Waals surface area (Å²) >= 11 is 0. The minimum atomic E-state index is 0.122. The standard InChI is InChI=1S/C51H47BN2/c1-4-6-14-37-23-30-42(31-24-37)53-47-32-22-36(3)34-44(47)52-45-35-38(15-7-5-2)25-33-48(45)54(50-21-13-20-49(53)51(50)52)46-19-12-11-18-43(46)41-28-26-40(27-29-41)39-16-9-8-10-17-39/h8-13,16-35H,4-7,14-15H2,1-3H3. The third-order valence-corrected chi connectivity index (χ3v) is 11.5. The summed E-state index contributed by atoms with van der Waals surface area (Å²) in [6.07, 6.45) is 7.01. The number of fused-ring (bicyclic) bond motifs is 4. The maximum absolute atomic E-state index is 2.56. The quantitative estimate of drug-likeness (QED) is 0.131. The van der Waals surface area contributed by atoms with E-state index in [0.717, 1.165) is 12.8 Å². The van der Waals surface area contributed by atoms with E-state index in [4.69, 9.17) is 0 Å². The highest BCUT2D eigenvalue weighted by Gasteiger charge is 2.43. The van der Waals surface area contributed by atoms with E-state index in [-0.39, 0.29) is 6.71 Å². The number of benzene rings is 7. The fourth-order valence-electron chi connectivity index (χ4n) is 8.76. The lowest BCUT2D eigenvalue weighted by Crippen LogP contribution is -2.61. The van der Waals surface area contributed by atoms with Crippen LogP contribution >= 0.6 is 0 Å². The van der Waals surface area contributed by atoms with Gasteiger partial charge in [0.05, 0.1) is 5.69 Å². The van der Waals surface area contributed by atoms with E-state index >= 15 is 0 Å². The van der Waals surface area contributed by atoms with Gasteiger partial charge in [0.1, 0.15) is 0 Å². The number of unbranched alkanes of at least 4 members (excludes halogenated alkanes) is 2. The van der Waals surface area contributed by atoms with Crippen LogP contribution in [0.25, 0.3) is 22.3 Å². The average Bonchev–Trinajstić information content (AvgIpc) is 3.23. The Labute approximate surface area is 321 Å². The first kappa shape index (κ1) is 34.0. The Morgan fingerprint density at radius 1 is 0.444 bits per heavy atom. The predicted molar refractivity (Wildman–Crippen MR) is 233 cm³/mol. The van der Waals surface area contributed by atoms with Gasteiger partial charge in [0.25, 0.3) is 6.71 Å². The van der Waals surface area contributed by atoms with Gasteiger partial charge in [0.15, 0.2) is 0 Å². The second-order valence-corrected chi connectivity index (χ2v) is 15.1. The van der Waals surface area contributed by atoms with Crippen molar-refractivity contribution in [3.8, 4) is 22.3 Å². The van der Waals surface area contributed by atoms with Crippen LogP contribution in [0, 0.1) is 6.92 Å². The Hall–Kier alpha value is -5.80. The third kappa shape index (κ3) is 6.02. The second kappa shape index (κ2) is 14.6. The molecule has 2 nitrogen and oxygen atoms in total. The summed E-state index contributed by atoms with van der Waals surface area (Å²) in [5, 5.41) is 0.